The maximum Gasteiger partial charge on any atom is 0.271 e. The molecule has 1 N–H and O–H groups in total. The molecule has 1 amide bonds. The molecule has 0 bridgehead atoms. The molecule has 114 valence electrons. The zero-order valence-corrected chi connectivity index (χ0v) is 13.3. The van der Waals surface area contributed by atoms with Crippen LogP contribution >= 0.6 is 23.2 Å². The van der Waals surface area contributed by atoms with Gasteiger partial charge < -0.3 is 0 Å². The second-order valence-corrected chi connectivity index (χ2v) is 5.56. The van der Waals surface area contributed by atoms with Crippen molar-refractivity contribution in [2.24, 2.45) is 5.10 Å². The van der Waals surface area contributed by atoms with Crippen LogP contribution in [0.5, 0.6) is 0 Å². The van der Waals surface area contributed by atoms with Gasteiger partial charge in [0.2, 0.25) is 0 Å². The quantitative estimate of drug-likeness (QED) is 0.437. The average molecular weight is 344 g/mol. The van der Waals surface area contributed by atoms with E-state index in [2.05, 4.69) is 15.5 Å². The third-order valence-corrected chi connectivity index (χ3v) is 3.74. The van der Waals surface area contributed by atoms with Crippen molar-refractivity contribution >= 4 is 46.2 Å². The molecule has 3 rings (SSSR count). The number of nitrogens with zero attached hydrogens (tertiary/aromatic N) is 2. The van der Waals surface area contributed by atoms with E-state index in [0.29, 0.717) is 21.3 Å². The van der Waals surface area contributed by atoms with Gasteiger partial charge in [-0.25, -0.2) is 10.4 Å². The van der Waals surface area contributed by atoms with Crippen LogP contribution in [0.15, 0.2) is 59.7 Å². The molecule has 1 heterocycles. The highest BCUT2D eigenvalue weighted by Crippen LogP contribution is 2.18. The standard InChI is InChI=1S/C17H11Cl2N3O/c18-14-7-5-11(6-8-14)17(23)22-20-10-13-9-12-3-1-2-4-15(12)21-16(13)19/h1-10H,(H,22,23)/b20-10+. The first kappa shape index (κ1) is 15.5. The van der Waals surface area contributed by atoms with E-state index in [9.17, 15) is 4.79 Å². The smallest absolute Gasteiger partial charge is 0.267 e. The summed E-state index contributed by atoms with van der Waals surface area (Å²) in [6, 6.07) is 16.0. The summed E-state index contributed by atoms with van der Waals surface area (Å²) in [4.78, 5) is 16.2. The van der Waals surface area contributed by atoms with Crippen molar-refractivity contribution in [2.45, 2.75) is 0 Å². The maximum absolute atomic E-state index is 11.9. The monoisotopic (exact) mass is 343 g/mol. The number of rotatable bonds is 3. The first-order chi connectivity index (χ1) is 11.1. The van der Waals surface area contributed by atoms with E-state index in [-0.39, 0.29) is 5.91 Å². The zero-order chi connectivity index (χ0) is 16.2. The lowest BCUT2D eigenvalue weighted by Crippen LogP contribution is -2.17. The molecule has 0 fully saturated rings. The van der Waals surface area contributed by atoms with Gasteiger partial charge in [0.25, 0.3) is 5.91 Å². The average Bonchev–Trinajstić information content (AvgIpc) is 2.56. The highest BCUT2D eigenvalue weighted by molar-refractivity contribution is 6.32. The van der Waals surface area contributed by atoms with Gasteiger partial charge >= 0.3 is 0 Å². The van der Waals surface area contributed by atoms with E-state index in [4.69, 9.17) is 23.2 Å². The number of hydrogen-bond donors (Lipinski definition) is 1. The number of hydrogen-bond acceptors (Lipinski definition) is 3. The number of benzene rings is 2. The summed E-state index contributed by atoms with van der Waals surface area (Å²) in [5, 5.41) is 5.77. The number of carbonyl (C=O) groups excluding carboxylic acids is 1. The largest absolute Gasteiger partial charge is 0.271 e. The van der Waals surface area contributed by atoms with Gasteiger partial charge in [-0.3, -0.25) is 4.79 Å². The van der Waals surface area contributed by atoms with Crippen LogP contribution in [-0.4, -0.2) is 17.1 Å². The minimum absolute atomic E-state index is 0.327. The van der Waals surface area contributed by atoms with E-state index in [0.717, 1.165) is 10.9 Å². The Morgan fingerprint density at radius 3 is 2.61 bits per heavy atom. The van der Waals surface area contributed by atoms with Crippen LogP contribution in [0.2, 0.25) is 10.2 Å². The molecule has 0 unspecified atom stereocenters. The normalized spacial score (nSPS) is 11.0. The molecule has 2 aromatic carbocycles. The minimum atomic E-state index is -0.331. The Hall–Kier alpha value is -2.43. The fraction of sp³-hybridized carbons (Fsp3) is 0. The Labute approximate surface area is 142 Å². The lowest BCUT2D eigenvalue weighted by molar-refractivity contribution is 0.0955. The molecule has 23 heavy (non-hydrogen) atoms. The molecule has 0 radical (unpaired) electrons. The van der Waals surface area contributed by atoms with Gasteiger partial charge in [0.1, 0.15) is 5.15 Å². The maximum atomic E-state index is 11.9. The number of hydrazone groups is 1. The number of fused-ring (bicyclic) bond motifs is 1. The van der Waals surface area contributed by atoms with Crippen LogP contribution in [0, 0.1) is 0 Å². The Kier molecular flexibility index (Phi) is 4.55. The fourth-order valence-corrected chi connectivity index (χ4v) is 2.35. The summed E-state index contributed by atoms with van der Waals surface area (Å²) in [5.74, 6) is -0.331. The molecular formula is C17H11Cl2N3O. The second kappa shape index (κ2) is 6.77. The number of para-hydroxylation sites is 1. The second-order valence-electron chi connectivity index (χ2n) is 4.77. The van der Waals surface area contributed by atoms with Crippen LogP contribution in [0.1, 0.15) is 15.9 Å². The molecule has 3 aromatic rings. The van der Waals surface area contributed by atoms with E-state index in [1.54, 1.807) is 24.3 Å². The van der Waals surface area contributed by atoms with Crippen molar-refractivity contribution in [3.63, 3.8) is 0 Å². The Morgan fingerprint density at radius 1 is 1.09 bits per heavy atom. The number of pyridine rings is 1. The fourth-order valence-electron chi connectivity index (χ4n) is 2.03. The van der Waals surface area contributed by atoms with E-state index in [1.165, 1.54) is 6.21 Å². The predicted molar refractivity (Wildman–Crippen MR) is 93.3 cm³/mol. The Bertz CT molecular complexity index is 892. The summed E-state index contributed by atoms with van der Waals surface area (Å²) < 4.78 is 0. The van der Waals surface area contributed by atoms with Crippen LogP contribution in [0.3, 0.4) is 0 Å². The number of aromatic nitrogens is 1. The van der Waals surface area contributed by atoms with Crippen molar-refractivity contribution < 1.29 is 4.79 Å². The first-order valence-corrected chi connectivity index (χ1v) is 7.53. The Morgan fingerprint density at radius 2 is 1.83 bits per heavy atom. The van der Waals surface area contributed by atoms with Crippen molar-refractivity contribution in [3.8, 4) is 0 Å². The predicted octanol–water partition coefficient (Wildman–Crippen LogP) is 4.31. The lowest BCUT2D eigenvalue weighted by Gasteiger charge is -2.02. The van der Waals surface area contributed by atoms with Gasteiger partial charge in [0.15, 0.2) is 0 Å². The number of carbonyl (C=O) groups is 1. The van der Waals surface area contributed by atoms with Gasteiger partial charge in [-0.2, -0.15) is 5.10 Å². The molecule has 1 aromatic heterocycles. The molecule has 6 heteroatoms. The highest BCUT2D eigenvalue weighted by Gasteiger charge is 2.05. The molecule has 0 spiro atoms. The first-order valence-electron chi connectivity index (χ1n) is 6.78. The SMILES string of the molecule is O=C(N/N=C/c1cc2ccccc2nc1Cl)c1ccc(Cl)cc1. The minimum Gasteiger partial charge on any atom is -0.267 e. The number of amides is 1. The molecule has 0 aliphatic rings. The summed E-state index contributed by atoms with van der Waals surface area (Å²) in [6.07, 6.45) is 1.47. The summed E-state index contributed by atoms with van der Waals surface area (Å²) in [7, 11) is 0. The molecule has 0 aliphatic heterocycles. The molecule has 0 saturated heterocycles. The van der Waals surface area contributed by atoms with Crippen LogP contribution in [-0.2, 0) is 0 Å². The lowest BCUT2D eigenvalue weighted by atomic mass is 10.2. The van der Waals surface area contributed by atoms with Crippen molar-refractivity contribution in [2.75, 3.05) is 0 Å². The summed E-state index contributed by atoms with van der Waals surface area (Å²) in [5.41, 5.74) is 4.34. The molecule has 0 aliphatic carbocycles. The third kappa shape index (κ3) is 3.67. The highest BCUT2D eigenvalue weighted by atomic mass is 35.5. The van der Waals surface area contributed by atoms with Gasteiger partial charge in [0, 0.05) is 21.5 Å². The molecule has 0 saturated carbocycles. The summed E-state index contributed by atoms with van der Waals surface area (Å²) in [6.45, 7) is 0. The zero-order valence-electron chi connectivity index (χ0n) is 11.8. The van der Waals surface area contributed by atoms with E-state index in [1.807, 2.05) is 30.3 Å². The van der Waals surface area contributed by atoms with E-state index >= 15 is 0 Å². The molecular weight excluding hydrogens is 333 g/mol. The molecule has 4 nitrogen and oxygen atoms in total. The number of nitrogens with one attached hydrogen (secondary N) is 1. The van der Waals surface area contributed by atoms with Crippen LogP contribution in [0.25, 0.3) is 10.9 Å². The van der Waals surface area contributed by atoms with Gasteiger partial charge in [-0.15, -0.1) is 0 Å². The third-order valence-electron chi connectivity index (χ3n) is 3.18. The topological polar surface area (TPSA) is 54.4 Å². The van der Waals surface area contributed by atoms with Crippen LogP contribution < -0.4 is 5.43 Å². The van der Waals surface area contributed by atoms with Crippen molar-refractivity contribution in [3.05, 3.63) is 75.9 Å². The van der Waals surface area contributed by atoms with Gasteiger partial charge in [0.05, 0.1) is 11.7 Å². The van der Waals surface area contributed by atoms with Crippen LogP contribution in [0.4, 0.5) is 0 Å². The van der Waals surface area contributed by atoms with E-state index < -0.39 is 0 Å². The van der Waals surface area contributed by atoms with Gasteiger partial charge in [-0.1, -0.05) is 41.4 Å². The van der Waals surface area contributed by atoms with Gasteiger partial charge in [-0.05, 0) is 36.4 Å². The summed E-state index contributed by atoms with van der Waals surface area (Å²) >= 11 is 11.9. The number of halogens is 2. The van der Waals surface area contributed by atoms with Crippen molar-refractivity contribution in [1.29, 1.82) is 0 Å². The Balaban J connectivity index is 1.76. The molecule has 0 atom stereocenters. The van der Waals surface area contributed by atoms with Crippen molar-refractivity contribution in [1.82, 2.24) is 10.4 Å².